The first-order valence-corrected chi connectivity index (χ1v) is 12.9. The Balaban J connectivity index is 1.46. The van der Waals surface area contributed by atoms with Gasteiger partial charge in [0.05, 0.1) is 16.9 Å². The molecule has 200 valence electrons. The van der Waals surface area contributed by atoms with Gasteiger partial charge in [0.25, 0.3) is 5.91 Å². The van der Waals surface area contributed by atoms with Crippen molar-refractivity contribution in [3.8, 4) is 11.4 Å². The third-order valence-electron chi connectivity index (χ3n) is 7.28. The summed E-state index contributed by atoms with van der Waals surface area (Å²) in [6, 6.07) is 5.92. The zero-order chi connectivity index (χ0) is 27.4. The first-order chi connectivity index (χ1) is 17.9. The Labute approximate surface area is 222 Å². The molecule has 0 bridgehead atoms. The molecular formula is C28H35N7O3. The van der Waals surface area contributed by atoms with Crippen LogP contribution in [0.4, 0.5) is 0 Å². The largest absolute Gasteiger partial charge is 0.449 e. The predicted octanol–water partition coefficient (Wildman–Crippen LogP) is 3.60. The van der Waals surface area contributed by atoms with Gasteiger partial charge in [-0.2, -0.15) is 5.10 Å². The summed E-state index contributed by atoms with van der Waals surface area (Å²) in [7, 11) is 1.88. The number of piperazine rings is 1. The second-order valence-electron chi connectivity index (χ2n) is 10.9. The van der Waals surface area contributed by atoms with E-state index in [1.807, 2.05) is 37.9 Å². The summed E-state index contributed by atoms with van der Waals surface area (Å²) >= 11 is 0. The van der Waals surface area contributed by atoms with E-state index in [9.17, 15) is 9.90 Å². The van der Waals surface area contributed by atoms with Crippen LogP contribution in [0.3, 0.4) is 0 Å². The zero-order valence-electron chi connectivity index (χ0n) is 23.1. The number of rotatable bonds is 5. The van der Waals surface area contributed by atoms with E-state index in [1.54, 1.807) is 37.1 Å². The normalized spacial score (nSPS) is 18.9. The number of aromatic nitrogens is 5. The van der Waals surface area contributed by atoms with E-state index in [1.165, 1.54) is 0 Å². The van der Waals surface area contributed by atoms with E-state index in [0.717, 1.165) is 28.7 Å². The van der Waals surface area contributed by atoms with Crippen LogP contribution < -0.4 is 0 Å². The molecule has 5 rings (SSSR count). The number of hydrogen-bond donors (Lipinski definition) is 1. The monoisotopic (exact) mass is 517 g/mol. The van der Waals surface area contributed by atoms with E-state index in [-0.39, 0.29) is 18.0 Å². The average molecular weight is 518 g/mol. The number of amides is 1. The quantitative estimate of drug-likeness (QED) is 0.427. The molecule has 0 saturated carbocycles. The Morgan fingerprint density at radius 2 is 1.92 bits per heavy atom. The number of fused-ring (bicyclic) bond motifs is 1. The van der Waals surface area contributed by atoms with Gasteiger partial charge in [-0.3, -0.25) is 14.4 Å². The number of aryl methyl sites for hydroxylation is 3. The molecule has 1 aliphatic rings. The lowest BCUT2D eigenvalue weighted by Crippen LogP contribution is -2.57. The lowest BCUT2D eigenvalue weighted by molar-refractivity contribution is 0.0286. The summed E-state index contributed by atoms with van der Waals surface area (Å²) < 4.78 is 7.17. The highest BCUT2D eigenvalue weighted by Crippen LogP contribution is 2.31. The molecule has 4 heterocycles. The summed E-state index contributed by atoms with van der Waals surface area (Å²) in [5.74, 6) is 0.988. The summed E-state index contributed by atoms with van der Waals surface area (Å²) in [5.41, 5.74) is 3.44. The van der Waals surface area contributed by atoms with E-state index < -0.39 is 5.60 Å². The van der Waals surface area contributed by atoms with Crippen LogP contribution in [-0.2, 0) is 19.2 Å². The molecule has 1 fully saturated rings. The molecule has 1 aromatic carbocycles. The van der Waals surface area contributed by atoms with Gasteiger partial charge in [0.1, 0.15) is 17.6 Å². The van der Waals surface area contributed by atoms with Crippen molar-refractivity contribution in [1.82, 2.24) is 34.5 Å². The Kier molecular flexibility index (Phi) is 6.56. The number of oxazole rings is 1. The molecule has 2 atom stereocenters. The Morgan fingerprint density at radius 3 is 2.61 bits per heavy atom. The van der Waals surface area contributed by atoms with Gasteiger partial charge in [-0.25, -0.2) is 15.0 Å². The van der Waals surface area contributed by atoms with Gasteiger partial charge in [0.2, 0.25) is 0 Å². The van der Waals surface area contributed by atoms with Crippen LogP contribution in [0.2, 0.25) is 0 Å². The highest BCUT2D eigenvalue weighted by Gasteiger charge is 2.33. The van der Waals surface area contributed by atoms with Gasteiger partial charge in [-0.15, -0.1) is 0 Å². The van der Waals surface area contributed by atoms with Crippen LogP contribution in [0, 0.1) is 13.8 Å². The van der Waals surface area contributed by atoms with Crippen LogP contribution in [0.5, 0.6) is 0 Å². The molecule has 0 spiro atoms. The van der Waals surface area contributed by atoms with Crippen LogP contribution >= 0.6 is 0 Å². The maximum atomic E-state index is 13.9. The van der Waals surface area contributed by atoms with Crippen molar-refractivity contribution in [3.05, 3.63) is 59.2 Å². The van der Waals surface area contributed by atoms with E-state index >= 15 is 0 Å². The summed E-state index contributed by atoms with van der Waals surface area (Å²) in [5, 5.41) is 16.0. The predicted molar refractivity (Wildman–Crippen MR) is 143 cm³/mol. The third kappa shape index (κ3) is 4.81. The van der Waals surface area contributed by atoms with Crippen LogP contribution in [-0.4, -0.2) is 70.7 Å². The number of benzene rings is 1. The van der Waals surface area contributed by atoms with Crippen LogP contribution in [0.1, 0.15) is 61.0 Å². The minimum Gasteiger partial charge on any atom is -0.449 e. The van der Waals surface area contributed by atoms with Crippen molar-refractivity contribution in [1.29, 1.82) is 0 Å². The van der Waals surface area contributed by atoms with E-state index in [4.69, 9.17) is 9.52 Å². The van der Waals surface area contributed by atoms with Crippen LogP contribution in [0.25, 0.3) is 22.3 Å². The highest BCUT2D eigenvalue weighted by atomic mass is 16.3. The topological polar surface area (TPSA) is 113 Å². The first-order valence-electron chi connectivity index (χ1n) is 12.9. The molecule has 0 radical (unpaired) electrons. The average Bonchev–Trinajstić information content (AvgIpc) is 3.42. The van der Waals surface area contributed by atoms with Gasteiger partial charge in [-0.05, 0) is 58.4 Å². The fraction of sp³-hybridized carbons (Fsp3) is 0.464. The first kappa shape index (κ1) is 26.0. The number of aliphatic hydroxyl groups is 1. The van der Waals surface area contributed by atoms with Crippen molar-refractivity contribution in [2.75, 3.05) is 13.1 Å². The van der Waals surface area contributed by atoms with E-state index in [2.05, 4.69) is 33.7 Å². The highest BCUT2D eigenvalue weighted by molar-refractivity contribution is 6.03. The van der Waals surface area contributed by atoms with Crippen molar-refractivity contribution < 1.29 is 14.3 Å². The standard InChI is InChI=1S/C28H35N7O3/c1-16-10-24-22(25(32-33(24)7)23-8-9-29-27(31-23)28(5,6)37)11-21(16)26(36)35-13-17(2)34(12-18(35)3)14-20-15-38-19(4)30-20/h8-11,15,17-18,37H,12-14H2,1-7H3. The Hall–Kier alpha value is -3.63. The Bertz CT molecular complexity index is 1500. The Morgan fingerprint density at radius 1 is 1.16 bits per heavy atom. The smallest absolute Gasteiger partial charge is 0.254 e. The number of nitrogens with zero attached hydrogens (tertiary/aromatic N) is 7. The molecule has 1 N–H and O–H groups in total. The summed E-state index contributed by atoms with van der Waals surface area (Å²) in [4.78, 5) is 31.5. The molecule has 1 aliphatic heterocycles. The minimum atomic E-state index is -1.18. The number of carbonyl (C=O) groups is 1. The van der Waals surface area contributed by atoms with Gasteiger partial charge in [-0.1, -0.05) is 0 Å². The van der Waals surface area contributed by atoms with Crippen molar-refractivity contribution in [2.45, 2.75) is 65.8 Å². The molecule has 0 aliphatic carbocycles. The zero-order valence-corrected chi connectivity index (χ0v) is 23.1. The second kappa shape index (κ2) is 9.59. The van der Waals surface area contributed by atoms with Gasteiger partial charge in [0.15, 0.2) is 11.7 Å². The molecule has 10 heteroatoms. The minimum absolute atomic E-state index is 0.00958. The molecule has 4 aromatic rings. The van der Waals surface area contributed by atoms with Gasteiger partial charge in [0, 0.05) is 62.8 Å². The van der Waals surface area contributed by atoms with Crippen LogP contribution in [0.15, 0.2) is 35.1 Å². The SMILES string of the molecule is Cc1nc(CN2CC(C)N(C(=O)c3cc4c(-c5ccnc(C(C)(C)O)n5)nn(C)c4cc3C)CC2C)co1. The third-order valence-corrected chi connectivity index (χ3v) is 7.28. The molecule has 38 heavy (non-hydrogen) atoms. The summed E-state index contributed by atoms with van der Waals surface area (Å²) in [6.07, 6.45) is 3.33. The van der Waals surface area contributed by atoms with Crippen molar-refractivity contribution in [3.63, 3.8) is 0 Å². The molecule has 2 unspecified atom stereocenters. The van der Waals surface area contributed by atoms with Crippen molar-refractivity contribution in [2.24, 2.45) is 7.05 Å². The lowest BCUT2D eigenvalue weighted by Gasteiger charge is -2.44. The maximum absolute atomic E-state index is 13.9. The maximum Gasteiger partial charge on any atom is 0.254 e. The number of carbonyl (C=O) groups excluding carboxylic acids is 1. The fourth-order valence-electron chi connectivity index (χ4n) is 5.16. The summed E-state index contributed by atoms with van der Waals surface area (Å²) in [6.45, 7) is 13.4. The molecular weight excluding hydrogens is 482 g/mol. The molecule has 1 amide bonds. The molecule has 1 saturated heterocycles. The van der Waals surface area contributed by atoms with Gasteiger partial charge >= 0.3 is 0 Å². The fourth-order valence-corrected chi connectivity index (χ4v) is 5.16. The molecule has 10 nitrogen and oxygen atoms in total. The second-order valence-corrected chi connectivity index (χ2v) is 10.9. The van der Waals surface area contributed by atoms with Gasteiger partial charge < -0.3 is 14.4 Å². The van der Waals surface area contributed by atoms with Crippen molar-refractivity contribution >= 4 is 16.8 Å². The number of hydrogen-bond acceptors (Lipinski definition) is 8. The molecule has 3 aromatic heterocycles. The lowest BCUT2D eigenvalue weighted by atomic mass is 10.00. The van der Waals surface area contributed by atoms with E-state index in [0.29, 0.717) is 41.8 Å².